The molecule has 0 aromatic rings. The first kappa shape index (κ1) is 14.4. The number of carbonyl (C=O) groups is 1. The number of halogens is 2. The number of carboxylic acid groups (broad SMARTS) is 1. The maximum absolute atomic E-state index is 10.7. The van der Waals surface area contributed by atoms with Crippen LogP contribution in [0.4, 0.5) is 0 Å². The summed E-state index contributed by atoms with van der Waals surface area (Å²) in [5.41, 5.74) is 0. The predicted octanol–water partition coefficient (Wildman–Crippen LogP) is 4.31. The fourth-order valence-electron chi connectivity index (χ4n) is 1.23. The topological polar surface area (TPSA) is 37.3 Å². The van der Waals surface area contributed by atoms with Gasteiger partial charge in [-0.2, -0.15) is 0 Å². The highest BCUT2D eigenvalue weighted by Crippen LogP contribution is 2.32. The van der Waals surface area contributed by atoms with Crippen LogP contribution in [0.25, 0.3) is 0 Å². The van der Waals surface area contributed by atoms with Crippen LogP contribution in [0.15, 0.2) is 0 Å². The molecule has 0 rings (SSSR count). The monoisotopic (exact) mass is 328 g/mol. The van der Waals surface area contributed by atoms with Crippen molar-refractivity contribution in [1.82, 2.24) is 0 Å². The SMILES string of the molecule is CCCCCCCCC(Br)(Br)C(=O)O. The molecule has 0 saturated carbocycles. The summed E-state index contributed by atoms with van der Waals surface area (Å²) in [5, 5.41) is 8.79. The number of carboxylic acids is 1. The van der Waals surface area contributed by atoms with Crippen molar-refractivity contribution in [3.8, 4) is 0 Å². The predicted molar refractivity (Wildman–Crippen MR) is 66.2 cm³/mol. The summed E-state index contributed by atoms with van der Waals surface area (Å²) in [4.78, 5) is 10.7. The minimum atomic E-state index is -0.912. The molecule has 1 N–H and O–H groups in total. The second-order valence-electron chi connectivity index (χ2n) is 3.53. The first-order chi connectivity index (χ1) is 6.50. The Morgan fingerprint density at radius 3 is 2.14 bits per heavy atom. The third-order valence-electron chi connectivity index (χ3n) is 2.16. The average molecular weight is 330 g/mol. The average Bonchev–Trinajstić information content (AvgIpc) is 2.10. The van der Waals surface area contributed by atoms with E-state index in [0.29, 0.717) is 6.42 Å². The number of hydrogen-bond acceptors (Lipinski definition) is 1. The molecule has 84 valence electrons. The minimum Gasteiger partial charge on any atom is -0.480 e. The molecule has 4 heteroatoms. The largest absolute Gasteiger partial charge is 0.480 e. The number of alkyl halides is 2. The Balaban J connectivity index is 3.40. The first-order valence-corrected chi connectivity index (χ1v) is 6.70. The van der Waals surface area contributed by atoms with E-state index in [1.54, 1.807) is 0 Å². The van der Waals surface area contributed by atoms with E-state index in [1.807, 2.05) is 0 Å². The highest BCUT2D eigenvalue weighted by atomic mass is 79.9. The van der Waals surface area contributed by atoms with Gasteiger partial charge in [0.05, 0.1) is 0 Å². The zero-order chi connectivity index (χ0) is 11.0. The number of rotatable bonds is 8. The smallest absolute Gasteiger partial charge is 0.331 e. The van der Waals surface area contributed by atoms with Crippen molar-refractivity contribution in [3.05, 3.63) is 0 Å². The summed E-state index contributed by atoms with van der Waals surface area (Å²) in [5.74, 6) is -0.842. The molecule has 0 unspecified atom stereocenters. The Morgan fingerprint density at radius 1 is 1.14 bits per heavy atom. The number of unbranched alkanes of at least 4 members (excludes halogenated alkanes) is 5. The lowest BCUT2D eigenvalue weighted by Gasteiger charge is -2.14. The van der Waals surface area contributed by atoms with Gasteiger partial charge in [-0.1, -0.05) is 77.3 Å². The molecule has 0 spiro atoms. The molecule has 0 heterocycles. The van der Waals surface area contributed by atoms with E-state index in [4.69, 9.17) is 5.11 Å². The summed E-state index contributed by atoms with van der Waals surface area (Å²) >= 11 is 6.29. The van der Waals surface area contributed by atoms with Gasteiger partial charge >= 0.3 is 5.97 Å². The molecule has 0 aromatic heterocycles. The van der Waals surface area contributed by atoms with Crippen LogP contribution in [-0.4, -0.2) is 14.3 Å². The fraction of sp³-hybridized carbons (Fsp3) is 0.900. The first-order valence-electron chi connectivity index (χ1n) is 5.12. The molecular weight excluding hydrogens is 312 g/mol. The van der Waals surface area contributed by atoms with Crippen LogP contribution >= 0.6 is 31.9 Å². The van der Waals surface area contributed by atoms with Crippen molar-refractivity contribution >= 4 is 37.8 Å². The van der Waals surface area contributed by atoms with Crippen LogP contribution in [-0.2, 0) is 4.79 Å². The Morgan fingerprint density at radius 2 is 1.64 bits per heavy atom. The van der Waals surface area contributed by atoms with Gasteiger partial charge in [-0.25, -0.2) is 4.79 Å². The Kier molecular flexibility index (Phi) is 7.92. The Bertz CT molecular complexity index is 170. The molecular formula is C10H18Br2O2. The van der Waals surface area contributed by atoms with Gasteiger partial charge in [0, 0.05) is 0 Å². The van der Waals surface area contributed by atoms with Crippen molar-refractivity contribution in [2.24, 2.45) is 0 Å². The molecule has 0 aliphatic carbocycles. The molecule has 0 aliphatic heterocycles. The van der Waals surface area contributed by atoms with Crippen molar-refractivity contribution < 1.29 is 9.90 Å². The summed E-state index contributed by atoms with van der Waals surface area (Å²) < 4.78 is -0.912. The van der Waals surface area contributed by atoms with E-state index in [1.165, 1.54) is 25.7 Å². The van der Waals surface area contributed by atoms with Gasteiger partial charge in [0.15, 0.2) is 3.23 Å². The number of aliphatic carboxylic acids is 1. The molecule has 2 nitrogen and oxygen atoms in total. The lowest BCUT2D eigenvalue weighted by atomic mass is 10.1. The molecule has 0 radical (unpaired) electrons. The maximum Gasteiger partial charge on any atom is 0.331 e. The van der Waals surface area contributed by atoms with E-state index < -0.39 is 9.20 Å². The van der Waals surface area contributed by atoms with Gasteiger partial charge in [-0.15, -0.1) is 0 Å². The molecule has 0 bridgehead atoms. The summed E-state index contributed by atoms with van der Waals surface area (Å²) in [7, 11) is 0. The van der Waals surface area contributed by atoms with Crippen LogP contribution < -0.4 is 0 Å². The molecule has 0 atom stereocenters. The van der Waals surface area contributed by atoms with Gasteiger partial charge in [-0.3, -0.25) is 0 Å². The quantitative estimate of drug-likeness (QED) is 0.532. The minimum absolute atomic E-state index is 0.633. The highest BCUT2D eigenvalue weighted by Gasteiger charge is 2.30. The van der Waals surface area contributed by atoms with E-state index in [0.717, 1.165) is 12.8 Å². The zero-order valence-electron chi connectivity index (χ0n) is 8.56. The zero-order valence-corrected chi connectivity index (χ0v) is 11.7. The van der Waals surface area contributed by atoms with E-state index >= 15 is 0 Å². The van der Waals surface area contributed by atoms with Crippen LogP contribution in [0, 0.1) is 0 Å². The van der Waals surface area contributed by atoms with Gasteiger partial charge in [-0.05, 0) is 6.42 Å². The highest BCUT2D eigenvalue weighted by molar-refractivity contribution is 9.25. The lowest BCUT2D eigenvalue weighted by Crippen LogP contribution is -2.23. The summed E-state index contributed by atoms with van der Waals surface area (Å²) in [6.45, 7) is 2.19. The molecule has 0 fully saturated rings. The Labute approximate surface area is 103 Å². The second kappa shape index (κ2) is 7.69. The van der Waals surface area contributed by atoms with E-state index in [2.05, 4.69) is 38.8 Å². The van der Waals surface area contributed by atoms with E-state index in [-0.39, 0.29) is 0 Å². The van der Waals surface area contributed by atoms with Crippen LogP contribution in [0.3, 0.4) is 0 Å². The van der Waals surface area contributed by atoms with Crippen molar-refractivity contribution in [3.63, 3.8) is 0 Å². The molecule has 0 saturated heterocycles. The maximum atomic E-state index is 10.7. The van der Waals surface area contributed by atoms with Crippen molar-refractivity contribution in [2.75, 3.05) is 0 Å². The molecule has 0 aromatic carbocycles. The van der Waals surface area contributed by atoms with Gasteiger partial charge in [0.1, 0.15) is 0 Å². The van der Waals surface area contributed by atoms with Gasteiger partial charge < -0.3 is 5.11 Å². The molecule has 14 heavy (non-hydrogen) atoms. The van der Waals surface area contributed by atoms with Crippen LogP contribution in [0.1, 0.15) is 51.9 Å². The lowest BCUT2D eigenvalue weighted by molar-refractivity contribution is -0.137. The third kappa shape index (κ3) is 6.82. The fourth-order valence-corrected chi connectivity index (χ4v) is 1.80. The molecule has 0 amide bonds. The summed E-state index contributed by atoms with van der Waals surface area (Å²) in [6, 6.07) is 0. The normalized spacial score (nSPS) is 11.6. The second-order valence-corrected chi connectivity index (χ2v) is 7.30. The van der Waals surface area contributed by atoms with Crippen molar-refractivity contribution in [1.29, 1.82) is 0 Å². The third-order valence-corrected chi connectivity index (χ3v) is 3.63. The van der Waals surface area contributed by atoms with Crippen LogP contribution in [0.2, 0.25) is 0 Å². The standard InChI is InChI=1S/C10H18Br2O2/c1-2-3-4-5-6-7-8-10(11,12)9(13)14/h2-8H2,1H3,(H,13,14). The van der Waals surface area contributed by atoms with Gasteiger partial charge in [0.2, 0.25) is 0 Å². The molecule has 0 aliphatic rings. The van der Waals surface area contributed by atoms with Crippen LogP contribution in [0.5, 0.6) is 0 Å². The Hall–Kier alpha value is 0.430. The number of hydrogen-bond donors (Lipinski definition) is 1. The van der Waals surface area contributed by atoms with Gasteiger partial charge in [0.25, 0.3) is 0 Å². The summed E-state index contributed by atoms with van der Waals surface area (Å²) in [6.07, 6.45) is 7.71. The van der Waals surface area contributed by atoms with Crippen molar-refractivity contribution in [2.45, 2.75) is 55.1 Å². The van der Waals surface area contributed by atoms with E-state index in [9.17, 15) is 4.79 Å².